The van der Waals surface area contributed by atoms with Crippen molar-refractivity contribution in [3.8, 4) is 0 Å². The van der Waals surface area contributed by atoms with E-state index in [1.54, 1.807) is 30.3 Å². The van der Waals surface area contributed by atoms with Crippen molar-refractivity contribution in [3.63, 3.8) is 0 Å². The molecule has 3 rings (SSSR count). The second-order valence-electron chi connectivity index (χ2n) is 7.03. The van der Waals surface area contributed by atoms with Gasteiger partial charge in [-0.3, -0.25) is 4.79 Å². The highest BCUT2D eigenvalue weighted by Gasteiger charge is 2.32. The van der Waals surface area contributed by atoms with Gasteiger partial charge in [0, 0.05) is 18.8 Å². The first-order valence-corrected chi connectivity index (χ1v) is 9.67. The lowest BCUT2D eigenvalue weighted by atomic mass is 9.83. The standard InChI is InChI=1S/C18H22N2O4S/c1-18(2)8-10-20(11-9-18)25(22,23)15-6-3-5-14(13-15)19-17(21)16-7-4-12-24-16/h3-7,12-13H,8-11H2,1-2H3,(H,19,21). The molecule has 1 amide bonds. The van der Waals surface area contributed by atoms with Crippen LogP contribution in [0.5, 0.6) is 0 Å². The van der Waals surface area contributed by atoms with Gasteiger partial charge in [0.2, 0.25) is 10.0 Å². The molecule has 6 nitrogen and oxygen atoms in total. The van der Waals surface area contributed by atoms with Crippen molar-refractivity contribution in [1.82, 2.24) is 4.31 Å². The Morgan fingerprint density at radius 2 is 1.88 bits per heavy atom. The molecule has 0 unspecified atom stereocenters. The predicted molar refractivity (Wildman–Crippen MR) is 94.9 cm³/mol. The van der Waals surface area contributed by atoms with Gasteiger partial charge in [-0.05, 0) is 48.6 Å². The summed E-state index contributed by atoms with van der Waals surface area (Å²) in [6, 6.07) is 9.48. The van der Waals surface area contributed by atoms with Crippen LogP contribution < -0.4 is 5.32 Å². The summed E-state index contributed by atoms with van der Waals surface area (Å²) >= 11 is 0. The molecule has 1 N–H and O–H groups in total. The minimum absolute atomic E-state index is 0.172. The summed E-state index contributed by atoms with van der Waals surface area (Å²) < 4.78 is 32.3. The average Bonchev–Trinajstić information content (AvgIpc) is 3.09. The Morgan fingerprint density at radius 3 is 2.52 bits per heavy atom. The number of amides is 1. The molecule has 25 heavy (non-hydrogen) atoms. The number of carbonyl (C=O) groups excluding carboxylic acids is 1. The third-order valence-electron chi connectivity index (χ3n) is 4.55. The molecular weight excluding hydrogens is 340 g/mol. The first kappa shape index (κ1) is 17.7. The summed E-state index contributed by atoms with van der Waals surface area (Å²) in [5.74, 6) is -0.245. The van der Waals surface area contributed by atoms with Gasteiger partial charge in [0.1, 0.15) is 0 Å². The van der Waals surface area contributed by atoms with Crippen LogP contribution in [0.25, 0.3) is 0 Å². The normalized spacial score (nSPS) is 18.0. The Balaban J connectivity index is 1.77. The maximum atomic E-state index is 12.9. The Hall–Kier alpha value is -2.12. The molecule has 0 radical (unpaired) electrons. The summed E-state index contributed by atoms with van der Waals surface area (Å²) in [6.07, 6.45) is 3.08. The zero-order valence-electron chi connectivity index (χ0n) is 14.4. The molecule has 0 aliphatic carbocycles. The number of benzene rings is 1. The van der Waals surface area contributed by atoms with Gasteiger partial charge in [-0.1, -0.05) is 19.9 Å². The van der Waals surface area contributed by atoms with Gasteiger partial charge in [-0.2, -0.15) is 4.31 Å². The molecule has 1 aliphatic heterocycles. The van der Waals surface area contributed by atoms with Crippen molar-refractivity contribution >= 4 is 21.6 Å². The number of nitrogens with zero attached hydrogens (tertiary/aromatic N) is 1. The summed E-state index contributed by atoms with van der Waals surface area (Å²) in [5.41, 5.74) is 0.588. The van der Waals surface area contributed by atoms with Crippen LogP contribution in [0.2, 0.25) is 0 Å². The smallest absolute Gasteiger partial charge is 0.291 e. The van der Waals surface area contributed by atoms with E-state index in [1.165, 1.54) is 16.6 Å². The van der Waals surface area contributed by atoms with Crippen molar-refractivity contribution in [2.24, 2.45) is 5.41 Å². The van der Waals surface area contributed by atoms with E-state index >= 15 is 0 Å². The number of piperidine rings is 1. The number of furan rings is 1. The van der Waals surface area contributed by atoms with Gasteiger partial charge in [-0.15, -0.1) is 0 Å². The van der Waals surface area contributed by atoms with Crippen LogP contribution in [0.4, 0.5) is 5.69 Å². The highest BCUT2D eigenvalue weighted by atomic mass is 32.2. The van der Waals surface area contributed by atoms with Gasteiger partial charge >= 0.3 is 0 Å². The van der Waals surface area contributed by atoms with Crippen LogP contribution in [0.3, 0.4) is 0 Å². The fourth-order valence-electron chi connectivity index (χ4n) is 2.82. The molecule has 134 valence electrons. The van der Waals surface area contributed by atoms with Crippen LogP contribution in [-0.4, -0.2) is 31.7 Å². The number of rotatable bonds is 4. The molecule has 0 spiro atoms. The number of sulfonamides is 1. The highest BCUT2D eigenvalue weighted by Crippen LogP contribution is 2.32. The maximum absolute atomic E-state index is 12.9. The Kier molecular flexibility index (Phi) is 4.71. The number of carbonyl (C=O) groups is 1. The number of nitrogens with one attached hydrogen (secondary N) is 1. The van der Waals surface area contributed by atoms with Gasteiger partial charge in [0.05, 0.1) is 11.2 Å². The van der Waals surface area contributed by atoms with Crippen molar-refractivity contribution < 1.29 is 17.6 Å². The lowest BCUT2D eigenvalue weighted by Gasteiger charge is -2.36. The lowest BCUT2D eigenvalue weighted by Crippen LogP contribution is -2.41. The SMILES string of the molecule is CC1(C)CCN(S(=O)(=O)c2cccc(NC(=O)c3ccco3)c2)CC1. The lowest BCUT2D eigenvalue weighted by molar-refractivity contribution is 0.0996. The zero-order chi connectivity index (χ0) is 18.1. The molecule has 1 aromatic carbocycles. The van der Waals surface area contributed by atoms with Crippen LogP contribution in [-0.2, 0) is 10.0 Å². The Bertz CT molecular complexity index is 847. The third kappa shape index (κ3) is 3.93. The molecule has 0 saturated carbocycles. The van der Waals surface area contributed by atoms with Crippen molar-refractivity contribution in [2.45, 2.75) is 31.6 Å². The largest absolute Gasteiger partial charge is 0.459 e. The van der Waals surface area contributed by atoms with Crippen LogP contribution in [0.1, 0.15) is 37.2 Å². The van der Waals surface area contributed by atoms with Gasteiger partial charge in [-0.25, -0.2) is 8.42 Å². The Morgan fingerprint density at radius 1 is 1.16 bits per heavy atom. The summed E-state index contributed by atoms with van der Waals surface area (Å²) in [7, 11) is -3.57. The molecule has 1 aromatic heterocycles. The first-order valence-electron chi connectivity index (χ1n) is 8.23. The van der Waals surface area contributed by atoms with Crippen LogP contribution in [0.15, 0.2) is 52.0 Å². The van der Waals surface area contributed by atoms with Crippen LogP contribution >= 0.6 is 0 Å². The van der Waals surface area contributed by atoms with E-state index in [4.69, 9.17) is 4.42 Å². The molecular formula is C18H22N2O4S. The summed E-state index contributed by atoms with van der Waals surface area (Å²) in [4.78, 5) is 12.2. The first-order chi connectivity index (χ1) is 11.8. The minimum Gasteiger partial charge on any atom is -0.459 e. The summed E-state index contributed by atoms with van der Waals surface area (Å²) in [6.45, 7) is 5.33. The number of anilines is 1. The highest BCUT2D eigenvalue weighted by molar-refractivity contribution is 7.89. The fourth-order valence-corrected chi connectivity index (χ4v) is 4.30. The average molecular weight is 362 g/mol. The van der Waals surface area contributed by atoms with Gasteiger partial charge < -0.3 is 9.73 Å². The third-order valence-corrected chi connectivity index (χ3v) is 6.45. The van der Waals surface area contributed by atoms with Gasteiger partial charge in [0.15, 0.2) is 5.76 Å². The molecule has 1 aliphatic rings. The van der Waals surface area contributed by atoms with Crippen molar-refractivity contribution in [1.29, 1.82) is 0 Å². The van der Waals surface area contributed by atoms with Crippen molar-refractivity contribution in [3.05, 3.63) is 48.4 Å². The van der Waals surface area contributed by atoms with E-state index in [1.807, 2.05) is 0 Å². The van der Waals surface area contributed by atoms with Crippen LogP contribution in [0, 0.1) is 5.41 Å². The molecule has 2 aromatic rings. The fraction of sp³-hybridized carbons (Fsp3) is 0.389. The monoisotopic (exact) mass is 362 g/mol. The molecule has 0 atom stereocenters. The van der Waals surface area contributed by atoms with E-state index in [0.717, 1.165) is 12.8 Å². The van der Waals surface area contributed by atoms with E-state index in [2.05, 4.69) is 19.2 Å². The zero-order valence-corrected chi connectivity index (χ0v) is 15.2. The van der Waals surface area contributed by atoms with E-state index in [9.17, 15) is 13.2 Å². The Labute approximate surface area is 147 Å². The van der Waals surface area contributed by atoms with E-state index in [-0.39, 0.29) is 16.1 Å². The second-order valence-corrected chi connectivity index (χ2v) is 8.97. The predicted octanol–water partition coefficient (Wildman–Crippen LogP) is 3.34. The van der Waals surface area contributed by atoms with E-state index in [0.29, 0.717) is 18.8 Å². The number of hydrogen-bond donors (Lipinski definition) is 1. The molecule has 7 heteroatoms. The minimum atomic E-state index is -3.57. The number of hydrogen-bond acceptors (Lipinski definition) is 4. The van der Waals surface area contributed by atoms with Crippen molar-refractivity contribution in [2.75, 3.05) is 18.4 Å². The maximum Gasteiger partial charge on any atom is 0.291 e. The molecule has 1 fully saturated rings. The quantitative estimate of drug-likeness (QED) is 0.905. The molecule has 2 heterocycles. The van der Waals surface area contributed by atoms with Gasteiger partial charge in [0.25, 0.3) is 5.91 Å². The topological polar surface area (TPSA) is 79.6 Å². The van der Waals surface area contributed by atoms with E-state index < -0.39 is 15.9 Å². The second kappa shape index (κ2) is 6.65. The molecule has 1 saturated heterocycles. The molecule has 0 bridgehead atoms. The summed E-state index contributed by atoms with van der Waals surface area (Å²) in [5, 5.41) is 2.66.